The van der Waals surface area contributed by atoms with E-state index in [4.69, 9.17) is 18.4 Å². The minimum absolute atomic E-state index is 0.0262. The fourth-order valence-electron chi connectivity index (χ4n) is 4.05. The molecule has 4 rings (SSSR count). The number of anilines is 1. The van der Waals surface area contributed by atoms with Crippen molar-refractivity contribution in [2.45, 2.75) is 31.1 Å². The Balaban J connectivity index is 1.40. The van der Waals surface area contributed by atoms with Crippen molar-refractivity contribution in [3.8, 4) is 17.2 Å². The first kappa shape index (κ1) is 31.1. The lowest BCUT2D eigenvalue weighted by Gasteiger charge is -2.15. The standard InChI is InChI=1S/C33H33NO8S/c1-2-39-32(35)24-41-31-21-20-28(42-43(37,38)29-14-7-4-8-15-29)23-30(31)34-33(36)26-16-18-27(19-17-26)40-22-10-9-13-25-11-5-3-6-12-25/h3-8,11-12,14-21,23H,2,9-10,13,22,24H2,1H3,(H,34,36). The molecular formula is C33H33NO8S. The fraction of sp³-hybridized carbons (Fsp3) is 0.212. The highest BCUT2D eigenvalue weighted by Gasteiger charge is 2.19. The number of unbranched alkanes of at least 4 members (excludes halogenated alkanes) is 1. The Labute approximate surface area is 251 Å². The molecule has 43 heavy (non-hydrogen) atoms. The van der Waals surface area contributed by atoms with E-state index in [9.17, 15) is 18.0 Å². The van der Waals surface area contributed by atoms with Crippen LogP contribution in [0, 0.1) is 0 Å². The van der Waals surface area contributed by atoms with Gasteiger partial charge in [-0.05, 0) is 80.3 Å². The number of amides is 1. The minimum Gasteiger partial charge on any atom is -0.494 e. The molecule has 0 unspecified atom stereocenters. The van der Waals surface area contributed by atoms with Crippen LogP contribution in [0.2, 0.25) is 0 Å². The second-order valence-electron chi connectivity index (χ2n) is 9.37. The lowest BCUT2D eigenvalue weighted by molar-refractivity contribution is -0.145. The average Bonchev–Trinajstić information content (AvgIpc) is 3.02. The summed E-state index contributed by atoms with van der Waals surface area (Å²) >= 11 is 0. The first-order valence-corrected chi connectivity index (χ1v) is 15.2. The number of benzene rings is 4. The summed E-state index contributed by atoms with van der Waals surface area (Å²) in [4.78, 5) is 24.9. The Bertz CT molecular complexity index is 1590. The normalized spacial score (nSPS) is 10.9. The lowest BCUT2D eigenvalue weighted by atomic mass is 10.1. The van der Waals surface area contributed by atoms with Crippen LogP contribution >= 0.6 is 0 Å². The molecule has 0 radical (unpaired) electrons. The smallest absolute Gasteiger partial charge is 0.344 e. The van der Waals surface area contributed by atoms with Crippen molar-refractivity contribution in [3.05, 3.63) is 114 Å². The van der Waals surface area contributed by atoms with Crippen molar-refractivity contribution in [1.82, 2.24) is 0 Å². The molecule has 0 heterocycles. The van der Waals surface area contributed by atoms with E-state index in [1.54, 1.807) is 49.4 Å². The van der Waals surface area contributed by atoms with E-state index in [-0.39, 0.29) is 28.7 Å². The largest absolute Gasteiger partial charge is 0.494 e. The van der Waals surface area contributed by atoms with Gasteiger partial charge in [-0.1, -0.05) is 48.5 Å². The molecule has 0 fully saturated rings. The summed E-state index contributed by atoms with van der Waals surface area (Å²) in [6.07, 6.45) is 2.88. The number of aryl methyl sites for hydroxylation is 1. The molecule has 0 bridgehead atoms. The van der Waals surface area contributed by atoms with Gasteiger partial charge in [0, 0.05) is 11.6 Å². The molecule has 0 atom stereocenters. The van der Waals surface area contributed by atoms with Gasteiger partial charge in [-0.2, -0.15) is 8.42 Å². The maximum atomic E-state index is 13.1. The van der Waals surface area contributed by atoms with Crippen molar-refractivity contribution in [2.24, 2.45) is 0 Å². The minimum atomic E-state index is -4.13. The summed E-state index contributed by atoms with van der Waals surface area (Å²) in [6.45, 7) is 2.00. The topological polar surface area (TPSA) is 117 Å². The summed E-state index contributed by atoms with van der Waals surface area (Å²) in [5.74, 6) is -0.378. The van der Waals surface area contributed by atoms with Gasteiger partial charge in [0.1, 0.15) is 22.1 Å². The number of carbonyl (C=O) groups excluding carboxylic acids is 2. The number of ether oxygens (including phenoxy) is 3. The molecule has 10 heteroatoms. The van der Waals surface area contributed by atoms with Gasteiger partial charge < -0.3 is 23.7 Å². The molecule has 0 aliphatic heterocycles. The van der Waals surface area contributed by atoms with E-state index in [1.807, 2.05) is 18.2 Å². The van der Waals surface area contributed by atoms with Crippen molar-refractivity contribution < 1.29 is 36.4 Å². The van der Waals surface area contributed by atoms with Crippen molar-refractivity contribution in [3.63, 3.8) is 0 Å². The second-order valence-corrected chi connectivity index (χ2v) is 10.9. The van der Waals surface area contributed by atoms with Crippen molar-refractivity contribution in [1.29, 1.82) is 0 Å². The zero-order valence-corrected chi connectivity index (χ0v) is 24.5. The highest BCUT2D eigenvalue weighted by atomic mass is 32.2. The summed E-state index contributed by atoms with van der Waals surface area (Å²) in [7, 11) is -4.13. The van der Waals surface area contributed by atoms with Crippen LogP contribution in [-0.4, -0.2) is 40.1 Å². The molecule has 4 aromatic rings. The predicted octanol–water partition coefficient (Wildman–Crippen LogP) is 6.05. The Hall–Kier alpha value is -4.83. The number of nitrogens with one attached hydrogen (secondary N) is 1. The van der Waals surface area contributed by atoms with Crippen molar-refractivity contribution >= 4 is 27.7 Å². The number of hydrogen-bond acceptors (Lipinski definition) is 8. The quantitative estimate of drug-likeness (QED) is 0.0992. The average molecular weight is 604 g/mol. The van der Waals surface area contributed by atoms with Crippen LogP contribution in [0.25, 0.3) is 0 Å². The van der Waals surface area contributed by atoms with Crippen LogP contribution in [0.4, 0.5) is 5.69 Å². The summed E-state index contributed by atoms with van der Waals surface area (Å²) < 4.78 is 47.0. The zero-order valence-electron chi connectivity index (χ0n) is 23.7. The van der Waals surface area contributed by atoms with E-state index in [0.29, 0.717) is 17.9 Å². The van der Waals surface area contributed by atoms with Gasteiger partial charge in [-0.3, -0.25) is 4.79 Å². The van der Waals surface area contributed by atoms with Gasteiger partial charge in [-0.25, -0.2) is 4.79 Å². The molecule has 9 nitrogen and oxygen atoms in total. The number of rotatable bonds is 15. The molecule has 0 saturated carbocycles. The molecule has 0 saturated heterocycles. The molecule has 0 aliphatic rings. The van der Waals surface area contributed by atoms with E-state index >= 15 is 0 Å². The van der Waals surface area contributed by atoms with Crippen LogP contribution in [0.3, 0.4) is 0 Å². The monoisotopic (exact) mass is 603 g/mol. The van der Waals surface area contributed by atoms with Gasteiger partial charge >= 0.3 is 16.1 Å². The third kappa shape index (κ3) is 9.61. The first-order chi connectivity index (χ1) is 20.8. The maximum absolute atomic E-state index is 13.1. The first-order valence-electron chi connectivity index (χ1n) is 13.8. The van der Waals surface area contributed by atoms with Crippen LogP contribution < -0.4 is 19.0 Å². The highest BCUT2D eigenvalue weighted by molar-refractivity contribution is 7.87. The fourth-order valence-corrected chi connectivity index (χ4v) is 4.99. The second kappa shape index (κ2) is 15.4. The van der Waals surface area contributed by atoms with E-state index in [1.165, 1.54) is 35.9 Å². The maximum Gasteiger partial charge on any atom is 0.344 e. The molecule has 1 N–H and O–H groups in total. The SMILES string of the molecule is CCOC(=O)COc1ccc(OS(=O)(=O)c2ccccc2)cc1NC(=O)c1ccc(OCCCCc2ccccc2)cc1. The van der Waals surface area contributed by atoms with Gasteiger partial charge in [0.2, 0.25) is 0 Å². The van der Waals surface area contributed by atoms with E-state index in [0.717, 1.165) is 19.3 Å². The summed E-state index contributed by atoms with van der Waals surface area (Å²) in [6, 6.07) is 28.7. The molecular weight excluding hydrogens is 570 g/mol. The molecule has 0 aromatic heterocycles. The third-order valence-corrected chi connectivity index (χ3v) is 7.44. The summed E-state index contributed by atoms with van der Waals surface area (Å²) in [5, 5.41) is 2.71. The van der Waals surface area contributed by atoms with Crippen LogP contribution in [0.15, 0.2) is 108 Å². The molecule has 0 aliphatic carbocycles. The van der Waals surface area contributed by atoms with Gasteiger partial charge in [-0.15, -0.1) is 0 Å². The lowest BCUT2D eigenvalue weighted by Crippen LogP contribution is -2.17. The number of carbonyl (C=O) groups is 2. The van der Waals surface area contributed by atoms with E-state index in [2.05, 4.69) is 17.4 Å². The Kier molecular flexibility index (Phi) is 11.2. The van der Waals surface area contributed by atoms with Crippen LogP contribution in [0.5, 0.6) is 17.2 Å². The Morgan fingerprint density at radius 2 is 1.44 bits per heavy atom. The molecule has 224 valence electrons. The number of esters is 1. The molecule has 0 spiro atoms. The van der Waals surface area contributed by atoms with Gasteiger partial charge in [0.15, 0.2) is 6.61 Å². The van der Waals surface area contributed by atoms with E-state index < -0.39 is 28.6 Å². The predicted molar refractivity (Wildman–Crippen MR) is 162 cm³/mol. The Morgan fingerprint density at radius 1 is 0.767 bits per heavy atom. The molecule has 1 amide bonds. The van der Waals surface area contributed by atoms with Crippen LogP contribution in [0.1, 0.15) is 35.7 Å². The number of hydrogen-bond donors (Lipinski definition) is 1. The van der Waals surface area contributed by atoms with Gasteiger partial charge in [0.05, 0.1) is 18.9 Å². The zero-order chi connectivity index (χ0) is 30.5. The highest BCUT2D eigenvalue weighted by Crippen LogP contribution is 2.31. The summed E-state index contributed by atoms with van der Waals surface area (Å²) in [5.41, 5.74) is 1.73. The van der Waals surface area contributed by atoms with Gasteiger partial charge in [0.25, 0.3) is 5.91 Å². The third-order valence-electron chi connectivity index (χ3n) is 6.18. The Morgan fingerprint density at radius 3 is 2.14 bits per heavy atom. The molecule has 4 aromatic carbocycles. The van der Waals surface area contributed by atoms with Crippen molar-refractivity contribution in [2.75, 3.05) is 25.1 Å². The van der Waals surface area contributed by atoms with Crippen LogP contribution in [-0.2, 0) is 26.1 Å².